The summed E-state index contributed by atoms with van der Waals surface area (Å²) in [6, 6.07) is 25.0. The van der Waals surface area contributed by atoms with Crippen molar-refractivity contribution in [2.45, 2.75) is 9.79 Å². The molecule has 3 N–H and O–H groups in total. The number of sulfonamides is 1. The molecule has 4 aromatic carbocycles. The van der Waals surface area contributed by atoms with Gasteiger partial charge in [0, 0.05) is 27.7 Å². The fourth-order valence-corrected chi connectivity index (χ4v) is 5.71. The Morgan fingerprint density at radius 3 is 2.19 bits per heavy atom. The Morgan fingerprint density at radius 2 is 1.48 bits per heavy atom. The van der Waals surface area contributed by atoms with Gasteiger partial charge in [0.25, 0.3) is 15.9 Å². The summed E-state index contributed by atoms with van der Waals surface area (Å²) in [7, 11) is -3.90. The molecule has 1 aliphatic rings. The number of anilines is 3. The summed E-state index contributed by atoms with van der Waals surface area (Å²) in [5.41, 5.74) is 2.41. The van der Waals surface area contributed by atoms with Gasteiger partial charge in [0.1, 0.15) is 0 Å². The highest BCUT2D eigenvalue weighted by atomic mass is 32.2. The van der Waals surface area contributed by atoms with E-state index in [0.29, 0.717) is 32.6 Å². The number of carbonyl (C=O) groups excluding carboxylic acids is 1. The van der Waals surface area contributed by atoms with Crippen LogP contribution in [-0.2, 0) is 10.0 Å². The molecule has 0 atom stereocenters. The minimum atomic E-state index is -3.90. The van der Waals surface area contributed by atoms with Crippen molar-refractivity contribution in [2.75, 3.05) is 14.8 Å². The summed E-state index contributed by atoms with van der Waals surface area (Å²) in [5, 5.41) is 4.00. The molecule has 0 fully saturated rings. The monoisotopic (exact) mass is 447 g/mol. The highest BCUT2D eigenvalue weighted by Crippen LogP contribution is 2.43. The van der Waals surface area contributed by atoms with Gasteiger partial charge in [-0.05, 0) is 48.3 Å². The molecule has 1 aliphatic heterocycles. The second-order valence-corrected chi connectivity index (χ2v) is 9.47. The maximum absolute atomic E-state index is 13.3. The smallest absolute Gasteiger partial charge is 0.262 e. The lowest BCUT2D eigenvalue weighted by atomic mass is 10.1. The molecule has 4 aromatic rings. The molecular weight excluding hydrogens is 430 g/mol. The number of carbonyl (C=O) groups is 1. The third kappa shape index (κ3) is 3.60. The van der Waals surface area contributed by atoms with E-state index in [2.05, 4.69) is 14.8 Å². The standard InChI is InChI=1S/C23H17N3O3S2/c27-23-18-13-7-12-17-20(31(28,29)26-16-10-5-2-6-11-16)14-19(22(24-23)21(17)18)30-25-15-8-3-1-4-9-15/h1-14,25-26H,(H,24,27). The van der Waals surface area contributed by atoms with Crippen molar-refractivity contribution in [2.24, 2.45) is 0 Å². The first-order valence-corrected chi connectivity index (χ1v) is 11.8. The Labute approximate surface area is 183 Å². The van der Waals surface area contributed by atoms with Crippen molar-refractivity contribution in [1.29, 1.82) is 0 Å². The Morgan fingerprint density at radius 1 is 0.806 bits per heavy atom. The Bertz CT molecular complexity index is 1410. The summed E-state index contributed by atoms with van der Waals surface area (Å²) in [6.07, 6.45) is 0. The van der Waals surface area contributed by atoms with Crippen LogP contribution in [-0.4, -0.2) is 14.3 Å². The summed E-state index contributed by atoms with van der Waals surface area (Å²) in [6.45, 7) is 0. The first-order chi connectivity index (χ1) is 15.0. The average molecular weight is 448 g/mol. The highest BCUT2D eigenvalue weighted by molar-refractivity contribution is 8.00. The molecule has 0 spiro atoms. The van der Waals surface area contributed by atoms with Crippen molar-refractivity contribution in [3.63, 3.8) is 0 Å². The normalized spacial score (nSPS) is 12.6. The highest BCUT2D eigenvalue weighted by Gasteiger charge is 2.29. The van der Waals surface area contributed by atoms with E-state index in [9.17, 15) is 13.2 Å². The van der Waals surface area contributed by atoms with Gasteiger partial charge in [-0.25, -0.2) is 8.42 Å². The van der Waals surface area contributed by atoms with E-state index in [-0.39, 0.29) is 10.8 Å². The zero-order valence-corrected chi connectivity index (χ0v) is 17.8. The van der Waals surface area contributed by atoms with Crippen molar-refractivity contribution in [3.05, 3.63) is 90.5 Å². The molecule has 0 saturated heterocycles. The molecule has 1 amide bonds. The van der Waals surface area contributed by atoms with Gasteiger partial charge in [-0.15, -0.1) is 0 Å². The number of rotatable bonds is 6. The number of para-hydroxylation sites is 2. The lowest BCUT2D eigenvalue weighted by molar-refractivity contribution is 0.103. The van der Waals surface area contributed by atoms with Crippen molar-refractivity contribution in [1.82, 2.24) is 0 Å². The van der Waals surface area contributed by atoms with E-state index >= 15 is 0 Å². The summed E-state index contributed by atoms with van der Waals surface area (Å²) < 4.78 is 32.5. The van der Waals surface area contributed by atoms with E-state index in [1.165, 1.54) is 11.9 Å². The molecule has 0 bridgehead atoms. The second kappa shape index (κ2) is 7.64. The first kappa shape index (κ1) is 19.5. The Balaban J connectivity index is 1.64. The van der Waals surface area contributed by atoms with E-state index in [0.717, 1.165) is 5.69 Å². The van der Waals surface area contributed by atoms with Crippen LogP contribution < -0.4 is 14.8 Å². The molecule has 31 heavy (non-hydrogen) atoms. The third-order valence-electron chi connectivity index (χ3n) is 4.94. The van der Waals surface area contributed by atoms with E-state index in [4.69, 9.17) is 0 Å². The Hall–Kier alpha value is -3.49. The molecule has 0 unspecified atom stereocenters. The number of benzene rings is 4. The predicted octanol–water partition coefficient (Wildman–Crippen LogP) is 5.33. The fourth-order valence-electron chi connectivity index (χ4n) is 3.55. The van der Waals surface area contributed by atoms with Crippen LogP contribution in [0.3, 0.4) is 0 Å². The largest absolute Gasteiger partial charge is 0.326 e. The zero-order chi connectivity index (χ0) is 21.4. The summed E-state index contributed by atoms with van der Waals surface area (Å²) in [4.78, 5) is 13.2. The van der Waals surface area contributed by atoms with Gasteiger partial charge in [-0.2, -0.15) is 0 Å². The van der Waals surface area contributed by atoms with Crippen LogP contribution in [0.15, 0.2) is 94.7 Å². The lowest BCUT2D eigenvalue weighted by Gasteiger charge is -2.15. The van der Waals surface area contributed by atoms with E-state index in [1.54, 1.807) is 48.5 Å². The number of amides is 1. The van der Waals surface area contributed by atoms with Crippen molar-refractivity contribution in [3.8, 4) is 0 Å². The molecule has 0 aromatic heterocycles. The summed E-state index contributed by atoms with van der Waals surface area (Å²) >= 11 is 1.25. The molecule has 0 radical (unpaired) electrons. The first-order valence-electron chi connectivity index (χ1n) is 9.50. The van der Waals surface area contributed by atoms with Gasteiger partial charge in [0.05, 0.1) is 15.5 Å². The van der Waals surface area contributed by atoms with E-state index in [1.807, 2.05) is 36.4 Å². The van der Waals surface area contributed by atoms with Crippen LogP contribution in [0.4, 0.5) is 17.1 Å². The minimum absolute atomic E-state index is 0.116. The zero-order valence-electron chi connectivity index (χ0n) is 16.1. The van der Waals surface area contributed by atoms with Crippen LogP contribution in [0, 0.1) is 0 Å². The summed E-state index contributed by atoms with van der Waals surface area (Å²) in [5.74, 6) is -0.243. The number of hydrogen-bond acceptors (Lipinski definition) is 5. The van der Waals surface area contributed by atoms with Crippen LogP contribution in [0.5, 0.6) is 0 Å². The molecule has 154 valence electrons. The molecule has 0 saturated carbocycles. The van der Waals surface area contributed by atoms with Crippen LogP contribution in [0.2, 0.25) is 0 Å². The lowest BCUT2D eigenvalue weighted by Crippen LogP contribution is -2.13. The average Bonchev–Trinajstić information content (AvgIpc) is 3.12. The third-order valence-corrected chi connectivity index (χ3v) is 7.24. The van der Waals surface area contributed by atoms with Gasteiger partial charge >= 0.3 is 0 Å². The SMILES string of the molecule is O=C1Nc2c(SNc3ccccc3)cc(S(=O)(=O)Nc3ccccc3)c3cccc1c23. The molecule has 6 nitrogen and oxygen atoms in total. The minimum Gasteiger partial charge on any atom is -0.326 e. The van der Waals surface area contributed by atoms with Crippen LogP contribution in [0.1, 0.15) is 10.4 Å². The van der Waals surface area contributed by atoms with Gasteiger partial charge < -0.3 is 10.0 Å². The molecule has 8 heteroatoms. The molecule has 5 rings (SSSR count). The molecule has 1 heterocycles. The van der Waals surface area contributed by atoms with Gasteiger partial charge in [0.2, 0.25) is 0 Å². The maximum Gasteiger partial charge on any atom is 0.262 e. The predicted molar refractivity (Wildman–Crippen MR) is 125 cm³/mol. The quantitative estimate of drug-likeness (QED) is 0.348. The topological polar surface area (TPSA) is 87.3 Å². The molecular formula is C23H17N3O3S2. The number of hydrogen-bond donors (Lipinski definition) is 3. The molecule has 0 aliphatic carbocycles. The second-order valence-electron chi connectivity index (χ2n) is 6.97. The fraction of sp³-hybridized carbons (Fsp3) is 0. The van der Waals surface area contributed by atoms with Gasteiger partial charge in [-0.3, -0.25) is 9.52 Å². The van der Waals surface area contributed by atoms with Gasteiger partial charge in [0.15, 0.2) is 0 Å². The Kier molecular flexibility index (Phi) is 4.80. The maximum atomic E-state index is 13.3. The van der Waals surface area contributed by atoms with Gasteiger partial charge in [-0.1, -0.05) is 48.5 Å². The van der Waals surface area contributed by atoms with Crippen LogP contribution >= 0.6 is 11.9 Å². The number of nitrogens with one attached hydrogen (secondary N) is 3. The van der Waals surface area contributed by atoms with Crippen molar-refractivity contribution >= 4 is 55.7 Å². The van der Waals surface area contributed by atoms with Crippen LogP contribution in [0.25, 0.3) is 10.8 Å². The van der Waals surface area contributed by atoms with E-state index < -0.39 is 10.0 Å². The van der Waals surface area contributed by atoms with Crippen molar-refractivity contribution < 1.29 is 13.2 Å².